The average molecular weight is 434 g/mol. The Morgan fingerprint density at radius 2 is 1.88 bits per heavy atom. The highest BCUT2D eigenvalue weighted by Gasteiger charge is 2.29. The summed E-state index contributed by atoms with van der Waals surface area (Å²) in [6, 6.07) is 12.5. The lowest BCUT2D eigenvalue weighted by atomic mass is 9.85. The molecule has 1 aliphatic rings. The Labute approximate surface area is 189 Å². The van der Waals surface area contributed by atoms with Crippen molar-refractivity contribution in [3.63, 3.8) is 0 Å². The number of carbonyl (C=O) groups excluding carboxylic acids is 1. The van der Waals surface area contributed by atoms with Gasteiger partial charge in [0.05, 0.1) is 19.9 Å². The van der Waals surface area contributed by atoms with Crippen molar-refractivity contribution in [1.29, 1.82) is 0 Å². The molecular formula is C26H31N3O3. The first kappa shape index (κ1) is 22.2. The van der Waals surface area contributed by atoms with Gasteiger partial charge in [-0.2, -0.15) is 0 Å². The van der Waals surface area contributed by atoms with Gasteiger partial charge in [-0.05, 0) is 74.7 Å². The van der Waals surface area contributed by atoms with E-state index in [1.165, 1.54) is 7.11 Å². The highest BCUT2D eigenvalue weighted by atomic mass is 16.5. The van der Waals surface area contributed by atoms with E-state index in [0.29, 0.717) is 6.42 Å². The minimum Gasteiger partial charge on any atom is -0.496 e. The molecule has 0 N–H and O–H groups in total. The summed E-state index contributed by atoms with van der Waals surface area (Å²) < 4.78 is 10.5. The second kappa shape index (κ2) is 9.25. The number of esters is 1. The fourth-order valence-corrected chi connectivity index (χ4v) is 4.92. The molecule has 6 heteroatoms. The van der Waals surface area contributed by atoms with Gasteiger partial charge in [0.2, 0.25) is 0 Å². The Morgan fingerprint density at radius 1 is 1.09 bits per heavy atom. The van der Waals surface area contributed by atoms with Crippen LogP contribution in [0.2, 0.25) is 0 Å². The number of carbonyl (C=O) groups is 1. The molecule has 3 heterocycles. The van der Waals surface area contributed by atoms with Crippen LogP contribution >= 0.6 is 0 Å². The lowest BCUT2D eigenvalue weighted by molar-refractivity contribution is -0.142. The summed E-state index contributed by atoms with van der Waals surface area (Å²) in [6.45, 7) is 5.96. The van der Waals surface area contributed by atoms with E-state index in [2.05, 4.69) is 50.1 Å². The number of aryl methyl sites for hydroxylation is 2. The molecule has 1 aromatic carbocycles. The van der Waals surface area contributed by atoms with E-state index < -0.39 is 0 Å². The number of benzene rings is 1. The Balaban J connectivity index is 1.68. The van der Waals surface area contributed by atoms with Crippen LogP contribution in [0.4, 0.5) is 0 Å². The zero-order chi connectivity index (χ0) is 22.8. The lowest BCUT2D eigenvalue weighted by Crippen LogP contribution is -2.38. The molecule has 0 saturated carbocycles. The van der Waals surface area contributed by atoms with E-state index in [0.717, 1.165) is 64.4 Å². The summed E-state index contributed by atoms with van der Waals surface area (Å²) in [5, 5.41) is 1.01. The quantitative estimate of drug-likeness (QED) is 0.551. The molecule has 168 valence electrons. The standard InChI is InChI=1S/C26H31N3O3/c1-16-10-17(2)25(23(11-16)31-4)22-9-7-19-6-8-21(27-26(19)28-22)20-12-18(13-24(30)32-5)14-29(3)15-20/h6-11,18,20H,12-15H2,1-5H3. The minimum atomic E-state index is -0.149. The second-order valence-electron chi connectivity index (χ2n) is 8.94. The summed E-state index contributed by atoms with van der Waals surface area (Å²) >= 11 is 0. The van der Waals surface area contributed by atoms with Crippen molar-refractivity contribution in [2.24, 2.45) is 5.92 Å². The highest BCUT2D eigenvalue weighted by molar-refractivity contribution is 5.81. The monoisotopic (exact) mass is 433 g/mol. The molecule has 4 rings (SSSR count). The fraction of sp³-hybridized carbons (Fsp3) is 0.423. The number of likely N-dealkylation sites (N-methyl/N-ethyl adjacent to an activating group) is 1. The Kier molecular flexibility index (Phi) is 6.42. The molecule has 2 aromatic heterocycles. The third-order valence-corrected chi connectivity index (χ3v) is 6.31. The van der Waals surface area contributed by atoms with Gasteiger partial charge >= 0.3 is 5.97 Å². The third-order valence-electron chi connectivity index (χ3n) is 6.31. The lowest BCUT2D eigenvalue weighted by Gasteiger charge is -2.35. The number of rotatable bonds is 5. The van der Waals surface area contributed by atoms with Crippen LogP contribution in [0.25, 0.3) is 22.3 Å². The molecule has 0 aliphatic carbocycles. The maximum Gasteiger partial charge on any atom is 0.305 e. The number of hydrogen-bond acceptors (Lipinski definition) is 6. The van der Waals surface area contributed by atoms with Crippen LogP contribution < -0.4 is 4.74 Å². The van der Waals surface area contributed by atoms with Gasteiger partial charge in [0.1, 0.15) is 5.75 Å². The number of fused-ring (bicyclic) bond motifs is 1. The molecule has 0 spiro atoms. The molecule has 2 unspecified atom stereocenters. The van der Waals surface area contributed by atoms with E-state index in [1.54, 1.807) is 7.11 Å². The van der Waals surface area contributed by atoms with Crippen molar-refractivity contribution in [1.82, 2.24) is 14.9 Å². The number of piperidine rings is 1. The van der Waals surface area contributed by atoms with Crippen LogP contribution in [-0.4, -0.2) is 55.2 Å². The van der Waals surface area contributed by atoms with E-state index in [9.17, 15) is 4.79 Å². The zero-order valence-corrected chi connectivity index (χ0v) is 19.5. The van der Waals surface area contributed by atoms with E-state index in [1.807, 2.05) is 12.1 Å². The van der Waals surface area contributed by atoms with E-state index in [4.69, 9.17) is 19.4 Å². The van der Waals surface area contributed by atoms with Gasteiger partial charge in [-0.3, -0.25) is 4.79 Å². The van der Waals surface area contributed by atoms with Crippen LogP contribution in [0.3, 0.4) is 0 Å². The Bertz CT molecular complexity index is 1140. The summed E-state index contributed by atoms with van der Waals surface area (Å²) in [6.07, 6.45) is 1.36. The smallest absolute Gasteiger partial charge is 0.305 e. The zero-order valence-electron chi connectivity index (χ0n) is 19.5. The molecule has 2 atom stereocenters. The molecule has 0 radical (unpaired) electrons. The maximum atomic E-state index is 11.8. The van der Waals surface area contributed by atoms with Gasteiger partial charge < -0.3 is 14.4 Å². The van der Waals surface area contributed by atoms with Crippen molar-refractivity contribution in [3.8, 4) is 17.0 Å². The molecular weight excluding hydrogens is 402 g/mol. The Morgan fingerprint density at radius 3 is 2.62 bits per heavy atom. The molecule has 1 aliphatic heterocycles. The van der Waals surface area contributed by atoms with Crippen molar-refractivity contribution < 1.29 is 14.3 Å². The number of ether oxygens (including phenoxy) is 2. The van der Waals surface area contributed by atoms with Crippen LogP contribution in [0.1, 0.15) is 35.6 Å². The van der Waals surface area contributed by atoms with Crippen LogP contribution in [0.5, 0.6) is 5.75 Å². The fourth-order valence-electron chi connectivity index (χ4n) is 4.92. The predicted octanol–water partition coefficient (Wildman–Crippen LogP) is 4.52. The summed E-state index contributed by atoms with van der Waals surface area (Å²) in [7, 11) is 5.24. The van der Waals surface area contributed by atoms with Gasteiger partial charge in [-0.25, -0.2) is 9.97 Å². The molecule has 6 nitrogen and oxygen atoms in total. The molecule has 1 saturated heterocycles. The molecule has 1 fully saturated rings. The van der Waals surface area contributed by atoms with Gasteiger partial charge in [0.25, 0.3) is 0 Å². The number of likely N-dealkylation sites (tertiary alicyclic amines) is 1. The first-order chi connectivity index (χ1) is 15.4. The normalized spacial score (nSPS) is 19.2. The number of hydrogen-bond donors (Lipinski definition) is 0. The third kappa shape index (κ3) is 4.60. The number of aromatic nitrogens is 2. The number of pyridine rings is 2. The highest BCUT2D eigenvalue weighted by Crippen LogP contribution is 2.35. The molecule has 32 heavy (non-hydrogen) atoms. The minimum absolute atomic E-state index is 0.149. The molecule has 0 amide bonds. The summed E-state index contributed by atoms with van der Waals surface area (Å²) in [5.41, 5.74) is 5.91. The average Bonchev–Trinajstić information content (AvgIpc) is 2.77. The topological polar surface area (TPSA) is 64.5 Å². The van der Waals surface area contributed by atoms with Gasteiger partial charge in [0, 0.05) is 42.1 Å². The van der Waals surface area contributed by atoms with E-state index >= 15 is 0 Å². The number of nitrogens with zero attached hydrogens (tertiary/aromatic N) is 3. The first-order valence-electron chi connectivity index (χ1n) is 11.1. The van der Waals surface area contributed by atoms with Crippen LogP contribution in [0, 0.1) is 19.8 Å². The van der Waals surface area contributed by atoms with Gasteiger partial charge in [0.15, 0.2) is 5.65 Å². The van der Waals surface area contributed by atoms with Crippen molar-refractivity contribution >= 4 is 17.0 Å². The van der Waals surface area contributed by atoms with Crippen molar-refractivity contribution in [2.75, 3.05) is 34.4 Å². The molecule has 0 bridgehead atoms. The summed E-state index contributed by atoms with van der Waals surface area (Å²) in [5.74, 6) is 1.20. The predicted molar refractivity (Wildman–Crippen MR) is 126 cm³/mol. The summed E-state index contributed by atoms with van der Waals surface area (Å²) in [4.78, 5) is 24.0. The van der Waals surface area contributed by atoms with Gasteiger partial charge in [-0.1, -0.05) is 6.07 Å². The van der Waals surface area contributed by atoms with Crippen LogP contribution in [0.15, 0.2) is 36.4 Å². The van der Waals surface area contributed by atoms with Gasteiger partial charge in [-0.15, -0.1) is 0 Å². The van der Waals surface area contributed by atoms with Crippen molar-refractivity contribution in [3.05, 3.63) is 53.2 Å². The SMILES string of the molecule is COC(=O)CC1CC(c2ccc3ccc(-c4c(C)cc(C)cc4OC)nc3n2)CN(C)C1. The van der Waals surface area contributed by atoms with E-state index in [-0.39, 0.29) is 17.8 Å². The maximum absolute atomic E-state index is 11.8. The van der Waals surface area contributed by atoms with Crippen molar-refractivity contribution in [2.45, 2.75) is 32.6 Å². The Hall–Kier alpha value is -2.99. The largest absolute Gasteiger partial charge is 0.496 e. The molecule has 3 aromatic rings. The first-order valence-corrected chi connectivity index (χ1v) is 11.1. The second-order valence-corrected chi connectivity index (χ2v) is 8.94. The number of methoxy groups -OCH3 is 2. The van der Waals surface area contributed by atoms with Crippen LogP contribution in [-0.2, 0) is 9.53 Å².